The highest BCUT2D eigenvalue weighted by molar-refractivity contribution is 6.08. The molecule has 0 saturated carbocycles. The largest absolute Gasteiger partial charge is 0.147 e. The predicted octanol–water partition coefficient (Wildman–Crippen LogP) is 1.86. The molecule has 0 aromatic rings. The minimum absolute atomic E-state index is 0. The van der Waals surface area contributed by atoms with Crippen LogP contribution in [0.4, 0.5) is 0 Å². The number of rotatable bonds is 0. The van der Waals surface area contributed by atoms with Gasteiger partial charge in [0.15, 0.2) is 0 Å². The first-order chi connectivity index (χ1) is 1.41. The average Bonchev–Trinajstić information content (AvgIpc) is 0.918. The van der Waals surface area contributed by atoms with Crippen LogP contribution in [0.25, 0.3) is 0 Å². The van der Waals surface area contributed by atoms with Crippen molar-refractivity contribution in [3.8, 4) is 0 Å². The molecule has 0 N–H and O–H groups in total. The Bertz CT molecular complexity index is 8.75. The van der Waals surface area contributed by atoms with Crippen LogP contribution in [0.15, 0.2) is 0 Å². The molecule has 4 heteroatoms. The second kappa shape index (κ2) is 38.6. The van der Waals surface area contributed by atoms with E-state index < -0.39 is 0 Å². The molecular weight excluding hydrogens is 141 g/mol. The van der Waals surface area contributed by atoms with Gasteiger partial charge in [0.05, 0.1) is 7.85 Å². The van der Waals surface area contributed by atoms with Crippen molar-refractivity contribution in [2.75, 3.05) is 0 Å². The molecule has 0 unspecified atom stereocenters. The van der Waals surface area contributed by atoms with Crippen molar-refractivity contribution in [1.82, 2.24) is 0 Å². The van der Waals surface area contributed by atoms with Gasteiger partial charge in [0.2, 0.25) is 0 Å². The Balaban J connectivity index is -0.00000000667. The monoisotopic (exact) mass is 148 g/mol. The lowest BCUT2D eigenvalue weighted by molar-refractivity contribution is 1.48. The van der Waals surface area contributed by atoms with E-state index in [0.717, 1.165) is 6.32 Å². The Morgan fingerprint density at radius 3 is 1.17 bits per heavy atom. The maximum atomic E-state index is 4.85. The minimum Gasteiger partial charge on any atom is -0.147 e. The van der Waals surface area contributed by atoms with Gasteiger partial charge in [-0.3, -0.25) is 0 Å². The molecule has 0 aliphatic rings. The smallest absolute Gasteiger partial charge is 0.0649 e. The maximum absolute atomic E-state index is 4.85. The van der Waals surface area contributed by atoms with Gasteiger partial charge >= 0.3 is 0 Å². The van der Waals surface area contributed by atoms with Crippen LogP contribution in [0.1, 0.15) is 6.92 Å². The number of hydrogen-bond acceptors (Lipinski definition) is 0. The highest BCUT2D eigenvalue weighted by atomic mass is 35.5. The molecule has 0 aliphatic carbocycles. The van der Waals surface area contributed by atoms with Gasteiger partial charge in [-0.2, -0.15) is 0 Å². The summed E-state index contributed by atoms with van der Waals surface area (Å²) in [6.45, 7) is 1.90. The fourth-order valence-electron chi connectivity index (χ4n) is 0. The molecule has 0 aromatic heterocycles. The molecule has 6 heavy (non-hydrogen) atoms. The van der Waals surface area contributed by atoms with E-state index in [4.69, 9.17) is 7.85 Å². The van der Waals surface area contributed by atoms with Crippen LogP contribution in [-0.4, -0.2) is 7.85 Å². The van der Waals surface area contributed by atoms with Crippen molar-refractivity contribution in [3.63, 3.8) is 0 Å². The minimum atomic E-state index is 0. The van der Waals surface area contributed by atoms with Crippen molar-refractivity contribution in [2.45, 2.75) is 13.2 Å². The quantitative estimate of drug-likeness (QED) is 0.461. The summed E-state index contributed by atoms with van der Waals surface area (Å²) in [5.74, 6) is 0. The first kappa shape index (κ1) is 28.4. The second-order valence-corrected chi connectivity index (χ2v) is 0.408. The zero-order valence-corrected chi connectivity index (χ0v) is 5.96. The van der Waals surface area contributed by atoms with E-state index in [-0.39, 0.29) is 37.2 Å². The zero-order valence-electron chi connectivity index (χ0n) is 3.51. The van der Waals surface area contributed by atoms with Gasteiger partial charge in [0.1, 0.15) is 0 Å². The fraction of sp³-hybridized carbons (Fsp3) is 1.00. The van der Waals surface area contributed by atoms with Crippen LogP contribution >= 0.6 is 37.2 Å². The summed E-state index contributed by atoms with van der Waals surface area (Å²) in [6.07, 6.45) is 0.750. The average molecular weight is 149 g/mol. The van der Waals surface area contributed by atoms with E-state index in [0.29, 0.717) is 0 Å². The van der Waals surface area contributed by atoms with Gasteiger partial charge in [0.25, 0.3) is 0 Å². The predicted molar refractivity (Wildman–Crippen MR) is 38.0 cm³/mol. The lowest BCUT2D eigenvalue weighted by atomic mass is 10.1. The summed E-state index contributed by atoms with van der Waals surface area (Å²) < 4.78 is 0. The molecule has 0 saturated heterocycles. The molecule has 40 valence electrons. The van der Waals surface area contributed by atoms with E-state index in [1.165, 1.54) is 0 Å². The lowest BCUT2D eigenvalue weighted by Crippen LogP contribution is -1.41. The van der Waals surface area contributed by atoms with Crippen molar-refractivity contribution >= 4 is 45.1 Å². The summed E-state index contributed by atoms with van der Waals surface area (Å²) in [4.78, 5) is 0. The molecule has 0 nitrogen and oxygen atoms in total. The SMILES string of the molecule is Cl.Cl.Cl.[B]CC. The molecule has 2 radical (unpaired) electrons. The van der Waals surface area contributed by atoms with Crippen molar-refractivity contribution < 1.29 is 0 Å². The van der Waals surface area contributed by atoms with Crippen LogP contribution in [0.2, 0.25) is 6.32 Å². The van der Waals surface area contributed by atoms with E-state index in [2.05, 4.69) is 0 Å². The van der Waals surface area contributed by atoms with Gasteiger partial charge in [-0.05, 0) is 0 Å². The van der Waals surface area contributed by atoms with Gasteiger partial charge in [-0.25, -0.2) is 0 Å². The highest BCUT2D eigenvalue weighted by Crippen LogP contribution is 1.49. The Kier molecular flexibility index (Phi) is 182. The summed E-state index contributed by atoms with van der Waals surface area (Å²) in [5, 5.41) is 0. The van der Waals surface area contributed by atoms with E-state index in [1.54, 1.807) is 0 Å². The van der Waals surface area contributed by atoms with Crippen molar-refractivity contribution in [1.29, 1.82) is 0 Å². The molecule has 0 aliphatic heterocycles. The lowest BCUT2D eigenvalue weighted by Gasteiger charge is -1.46. The third-order valence-corrected chi connectivity index (χ3v) is 0. The first-order valence-electron chi connectivity index (χ1n) is 1.12. The van der Waals surface area contributed by atoms with Crippen LogP contribution < -0.4 is 0 Å². The van der Waals surface area contributed by atoms with Crippen LogP contribution in [0.5, 0.6) is 0 Å². The van der Waals surface area contributed by atoms with Crippen molar-refractivity contribution in [3.05, 3.63) is 0 Å². The molecule has 0 atom stereocenters. The Hall–Kier alpha value is 0.935. The topological polar surface area (TPSA) is 0 Å². The Morgan fingerprint density at radius 1 is 1.17 bits per heavy atom. The second-order valence-electron chi connectivity index (χ2n) is 0.408. The maximum Gasteiger partial charge on any atom is 0.0649 e. The molecule has 0 heterocycles. The standard InChI is InChI=1S/C2H5B.3ClH/c1-2-3;;;/h2H2,1H3;3*1H. The van der Waals surface area contributed by atoms with E-state index >= 15 is 0 Å². The molecular formula is C2H8BCl3. The zero-order chi connectivity index (χ0) is 2.71. The number of hydrogen-bond donors (Lipinski definition) is 0. The summed E-state index contributed by atoms with van der Waals surface area (Å²) in [6, 6.07) is 0. The van der Waals surface area contributed by atoms with E-state index in [1.807, 2.05) is 6.92 Å². The summed E-state index contributed by atoms with van der Waals surface area (Å²) in [5.41, 5.74) is 0. The first-order valence-corrected chi connectivity index (χ1v) is 1.12. The van der Waals surface area contributed by atoms with Gasteiger partial charge < -0.3 is 0 Å². The molecule has 0 spiro atoms. The Labute approximate surface area is 58.7 Å². The summed E-state index contributed by atoms with van der Waals surface area (Å²) >= 11 is 0. The normalized spacial score (nSPS) is 2.83. The van der Waals surface area contributed by atoms with Gasteiger partial charge in [-0.1, -0.05) is 13.2 Å². The van der Waals surface area contributed by atoms with Crippen LogP contribution in [-0.2, 0) is 0 Å². The molecule has 0 bridgehead atoms. The third-order valence-electron chi connectivity index (χ3n) is 0. The van der Waals surface area contributed by atoms with Crippen LogP contribution in [0.3, 0.4) is 0 Å². The van der Waals surface area contributed by atoms with Gasteiger partial charge in [0, 0.05) is 0 Å². The molecule has 0 aromatic carbocycles. The molecule has 0 amide bonds. The highest BCUT2D eigenvalue weighted by Gasteiger charge is 1.37. The number of halogens is 3. The summed E-state index contributed by atoms with van der Waals surface area (Å²) in [7, 11) is 4.85. The van der Waals surface area contributed by atoms with Crippen LogP contribution in [0, 0.1) is 0 Å². The van der Waals surface area contributed by atoms with Gasteiger partial charge in [-0.15, -0.1) is 37.2 Å². The van der Waals surface area contributed by atoms with Crippen molar-refractivity contribution in [2.24, 2.45) is 0 Å². The molecule has 0 rings (SSSR count). The molecule has 0 fully saturated rings. The fourth-order valence-corrected chi connectivity index (χ4v) is 0. The van der Waals surface area contributed by atoms with E-state index in [9.17, 15) is 0 Å². The Morgan fingerprint density at radius 2 is 1.17 bits per heavy atom. The third kappa shape index (κ3) is 87.4.